The van der Waals surface area contributed by atoms with Gasteiger partial charge in [0.2, 0.25) is 5.88 Å². The van der Waals surface area contributed by atoms with E-state index in [1.807, 2.05) is 30.3 Å². The van der Waals surface area contributed by atoms with Crippen LogP contribution in [0.4, 0.5) is 5.82 Å². The molecule has 0 radical (unpaired) electrons. The van der Waals surface area contributed by atoms with Crippen molar-refractivity contribution in [2.75, 3.05) is 18.8 Å². The van der Waals surface area contributed by atoms with Crippen LogP contribution in [-0.2, 0) is 6.54 Å². The van der Waals surface area contributed by atoms with Crippen LogP contribution in [0.3, 0.4) is 0 Å². The lowest BCUT2D eigenvalue weighted by atomic mass is 9.92. The van der Waals surface area contributed by atoms with Gasteiger partial charge >= 0.3 is 0 Å². The van der Waals surface area contributed by atoms with Gasteiger partial charge in [0, 0.05) is 17.0 Å². The predicted molar refractivity (Wildman–Crippen MR) is 121 cm³/mol. The van der Waals surface area contributed by atoms with Crippen molar-refractivity contribution in [3.63, 3.8) is 0 Å². The molecule has 0 bridgehead atoms. The summed E-state index contributed by atoms with van der Waals surface area (Å²) in [5, 5.41) is 20.9. The molecule has 9 heteroatoms. The van der Waals surface area contributed by atoms with Crippen LogP contribution in [0.2, 0.25) is 0 Å². The Morgan fingerprint density at radius 1 is 1.16 bits per heavy atom. The number of anilines is 1. The first-order valence-electron chi connectivity index (χ1n) is 11.1. The quantitative estimate of drug-likeness (QED) is 0.440. The number of ether oxygens (including phenoxy) is 1. The second-order valence-corrected chi connectivity index (χ2v) is 8.81. The highest BCUT2D eigenvalue weighted by Crippen LogP contribution is 2.34. The molecule has 3 aromatic heterocycles. The number of hydrogen-bond acceptors (Lipinski definition) is 8. The first-order chi connectivity index (χ1) is 15.6. The molecule has 1 saturated heterocycles. The van der Waals surface area contributed by atoms with Crippen molar-refractivity contribution >= 4 is 27.8 Å². The summed E-state index contributed by atoms with van der Waals surface area (Å²) in [6.07, 6.45) is 5.28. The van der Waals surface area contributed by atoms with Crippen molar-refractivity contribution in [3.05, 3.63) is 36.7 Å². The summed E-state index contributed by atoms with van der Waals surface area (Å²) in [6.45, 7) is 1.92. The molecule has 0 spiro atoms. The van der Waals surface area contributed by atoms with Crippen molar-refractivity contribution in [1.82, 2.24) is 30.0 Å². The van der Waals surface area contributed by atoms with Crippen molar-refractivity contribution in [2.24, 2.45) is 0 Å². The third-order valence-electron chi connectivity index (χ3n) is 6.29. The Kier molecular flexibility index (Phi) is 4.48. The summed E-state index contributed by atoms with van der Waals surface area (Å²) in [5.74, 6) is 1.04. The molecule has 4 heterocycles. The number of aliphatic hydroxyl groups is 1. The summed E-state index contributed by atoms with van der Waals surface area (Å²) < 4.78 is 7.59. The van der Waals surface area contributed by atoms with E-state index in [1.165, 1.54) is 6.33 Å². The van der Waals surface area contributed by atoms with E-state index in [0.717, 1.165) is 42.4 Å². The van der Waals surface area contributed by atoms with Crippen LogP contribution >= 0.6 is 0 Å². The van der Waals surface area contributed by atoms with Gasteiger partial charge in [0.15, 0.2) is 5.65 Å². The molecule has 1 saturated carbocycles. The van der Waals surface area contributed by atoms with Crippen LogP contribution in [0.1, 0.15) is 25.7 Å². The molecular weight excluding hydrogens is 406 g/mol. The van der Waals surface area contributed by atoms with Gasteiger partial charge in [-0.05, 0) is 57.0 Å². The number of piperidine rings is 1. The van der Waals surface area contributed by atoms with Gasteiger partial charge in [0.1, 0.15) is 23.9 Å². The lowest BCUT2D eigenvalue weighted by molar-refractivity contribution is -0.00724. The van der Waals surface area contributed by atoms with E-state index in [2.05, 4.69) is 20.3 Å². The highest BCUT2D eigenvalue weighted by Gasteiger charge is 2.31. The number of hydrogen-bond donors (Lipinski definition) is 3. The number of aromatic nitrogens is 5. The Bertz CT molecular complexity index is 1310. The van der Waals surface area contributed by atoms with Crippen LogP contribution in [0.15, 0.2) is 36.7 Å². The van der Waals surface area contributed by atoms with E-state index in [9.17, 15) is 5.11 Å². The summed E-state index contributed by atoms with van der Waals surface area (Å²) in [7, 11) is 0. The Morgan fingerprint density at radius 2 is 2.00 bits per heavy atom. The molecule has 4 N–H and O–H groups in total. The van der Waals surface area contributed by atoms with Crippen LogP contribution < -0.4 is 15.8 Å². The smallest absolute Gasteiger partial charge is 0.214 e. The number of nitrogens with one attached hydrogen (secondary N) is 1. The average molecular weight is 432 g/mol. The molecule has 2 aliphatic rings. The zero-order valence-electron chi connectivity index (χ0n) is 17.7. The first-order valence-corrected chi connectivity index (χ1v) is 11.1. The lowest BCUT2D eigenvalue weighted by Gasteiger charge is -2.32. The Morgan fingerprint density at radius 3 is 2.81 bits per heavy atom. The van der Waals surface area contributed by atoms with Gasteiger partial charge in [-0.1, -0.05) is 6.07 Å². The molecular formula is C23H25N7O2. The third-order valence-corrected chi connectivity index (χ3v) is 6.29. The summed E-state index contributed by atoms with van der Waals surface area (Å²) in [4.78, 5) is 13.3. The molecule has 0 atom stereocenters. The first kappa shape index (κ1) is 19.4. The summed E-state index contributed by atoms with van der Waals surface area (Å²) in [6, 6.07) is 9.91. The molecule has 32 heavy (non-hydrogen) atoms. The maximum absolute atomic E-state index is 11.1. The monoisotopic (exact) mass is 431 g/mol. The third kappa shape index (κ3) is 3.53. The van der Waals surface area contributed by atoms with Crippen LogP contribution in [0.5, 0.6) is 5.88 Å². The second-order valence-electron chi connectivity index (χ2n) is 8.81. The molecule has 9 nitrogen and oxygen atoms in total. The van der Waals surface area contributed by atoms with Crippen molar-refractivity contribution in [2.45, 2.75) is 43.9 Å². The largest absolute Gasteiger partial charge is 0.474 e. The fraction of sp³-hybridized carbons (Fsp3) is 0.391. The minimum Gasteiger partial charge on any atom is -0.474 e. The van der Waals surface area contributed by atoms with Gasteiger partial charge in [-0.25, -0.2) is 19.6 Å². The normalized spacial score (nSPS) is 18.3. The molecule has 0 amide bonds. The number of nitrogen functional groups attached to an aromatic ring is 1. The average Bonchev–Trinajstić information content (AvgIpc) is 3.54. The molecule has 6 rings (SSSR count). The van der Waals surface area contributed by atoms with Crippen molar-refractivity contribution in [1.29, 1.82) is 0 Å². The maximum Gasteiger partial charge on any atom is 0.214 e. The number of benzene rings is 1. The van der Waals surface area contributed by atoms with Crippen LogP contribution in [-0.4, -0.2) is 54.6 Å². The molecule has 2 fully saturated rings. The number of rotatable bonds is 5. The topological polar surface area (TPSA) is 124 Å². The maximum atomic E-state index is 11.1. The molecule has 1 aliphatic carbocycles. The minimum atomic E-state index is -0.827. The number of nitrogens with zero attached hydrogens (tertiary/aromatic N) is 5. The van der Waals surface area contributed by atoms with Crippen molar-refractivity contribution < 1.29 is 9.84 Å². The standard InChI is InChI=1S/C23H25N7O2/c24-21-19-20(15-1-5-17-14(11-15)2-6-18(28-17)32-16-3-4-16)29-30(22(19)27-13-26-21)12-23(31)7-9-25-10-8-23/h1-2,5-6,11,13,16,25,31H,3-4,7-10,12H2,(H2,24,26,27). The van der Waals surface area contributed by atoms with E-state index in [0.29, 0.717) is 53.9 Å². The summed E-state index contributed by atoms with van der Waals surface area (Å²) >= 11 is 0. The van der Waals surface area contributed by atoms with E-state index in [4.69, 9.17) is 15.6 Å². The predicted octanol–water partition coefficient (Wildman–Crippen LogP) is 2.28. The SMILES string of the molecule is Nc1ncnc2c1c(-c1ccc3nc(OC4CC4)ccc3c1)nn2CC1(O)CCNCC1. The molecule has 1 aromatic carbocycles. The molecule has 1 aliphatic heterocycles. The van der Waals surface area contributed by atoms with Gasteiger partial charge in [-0.3, -0.25) is 0 Å². The van der Waals surface area contributed by atoms with Gasteiger partial charge in [0.25, 0.3) is 0 Å². The van der Waals surface area contributed by atoms with Crippen LogP contribution in [0, 0.1) is 0 Å². The highest BCUT2D eigenvalue weighted by atomic mass is 16.5. The van der Waals surface area contributed by atoms with E-state index < -0.39 is 5.60 Å². The Labute approximate surface area is 184 Å². The fourth-order valence-corrected chi connectivity index (χ4v) is 4.35. The Balaban J connectivity index is 1.41. The fourth-order valence-electron chi connectivity index (χ4n) is 4.35. The number of pyridine rings is 1. The van der Waals surface area contributed by atoms with E-state index >= 15 is 0 Å². The number of fused-ring (bicyclic) bond motifs is 2. The zero-order chi connectivity index (χ0) is 21.7. The number of nitrogens with two attached hydrogens (primary N) is 1. The minimum absolute atomic E-state index is 0.312. The lowest BCUT2D eigenvalue weighted by Crippen LogP contribution is -2.45. The van der Waals surface area contributed by atoms with Crippen molar-refractivity contribution in [3.8, 4) is 17.1 Å². The Hall–Kier alpha value is -3.30. The molecule has 4 aromatic rings. The van der Waals surface area contributed by atoms with Gasteiger partial charge in [0.05, 0.1) is 23.0 Å². The zero-order valence-corrected chi connectivity index (χ0v) is 17.7. The van der Waals surface area contributed by atoms with E-state index in [1.54, 1.807) is 4.68 Å². The van der Waals surface area contributed by atoms with Crippen LogP contribution in [0.25, 0.3) is 33.2 Å². The summed E-state index contributed by atoms with van der Waals surface area (Å²) in [5.41, 5.74) is 8.53. The van der Waals surface area contributed by atoms with E-state index in [-0.39, 0.29) is 0 Å². The van der Waals surface area contributed by atoms with Gasteiger partial charge in [-0.2, -0.15) is 5.10 Å². The second kappa shape index (κ2) is 7.39. The van der Waals surface area contributed by atoms with Gasteiger partial charge in [-0.15, -0.1) is 0 Å². The van der Waals surface area contributed by atoms with Gasteiger partial charge < -0.3 is 20.9 Å². The molecule has 0 unspecified atom stereocenters. The highest BCUT2D eigenvalue weighted by molar-refractivity contribution is 5.99. The molecule has 164 valence electrons.